The van der Waals surface area contributed by atoms with Gasteiger partial charge in [-0.25, -0.2) is 14.3 Å². The van der Waals surface area contributed by atoms with E-state index in [9.17, 15) is 20.5 Å². The van der Waals surface area contributed by atoms with Gasteiger partial charge < -0.3 is 29.9 Å². The molecule has 380 valence electrons. The third-order valence-corrected chi connectivity index (χ3v) is 9.12. The Morgan fingerprint density at radius 1 is 0.690 bits per heavy atom. The smallest absolute Gasteiger partial charge is 0.410 e. The van der Waals surface area contributed by atoms with Crippen molar-refractivity contribution >= 4 is 61.7 Å². The molecule has 0 spiro atoms. The summed E-state index contributed by atoms with van der Waals surface area (Å²) in [6.45, 7) is 4.30. The number of halogens is 1. The summed E-state index contributed by atoms with van der Waals surface area (Å²) in [6.07, 6.45) is -15.9. The lowest BCUT2D eigenvalue weighted by atomic mass is 9.91. The number of carbonyl (C=O) groups excluding carboxylic acids is 4. The molecule has 0 bridgehead atoms. The standard InChI is InChI=1S/C28H36N4O3.C16H22BrNO2.C12H15N3O/c1-27(2,3)29-25(33)23-11-7-9-21-18-32(30-24(21)23)22-14-12-19(13-15-22)20-10-8-16-31(17-20)26(34)35-28(4,5)6;1-16(2,3)20-15(19)18-10-4-5-13(11-18)12-6-8-14(17)9-7-12;1-12(2,3)14-11(16)9-6-4-5-8-7-13-15-10(8)9/h7,9,11-15,18,20H,8,10,16-17H2,1-6H3,(H,29,33);6-9,13H,4-5,10-11H2,1-3H3;4-7H,1-3H3,(H,13,15)(H,14,16)/i8D2,10D2,12D,13D,14D,15D,16D2,17D2,20D;4D2,5D2,6D,7D,8D,9D,10D2,11D2,13D;. The highest BCUT2D eigenvalue weighted by molar-refractivity contribution is 9.10. The van der Waals surface area contributed by atoms with E-state index in [1.165, 1.54) is 53.8 Å². The zero-order chi connectivity index (χ0) is 75.0. The first-order valence-electron chi connectivity index (χ1n) is 34.9. The van der Waals surface area contributed by atoms with Crippen LogP contribution >= 0.6 is 15.9 Å². The van der Waals surface area contributed by atoms with Gasteiger partial charge in [0.1, 0.15) is 16.7 Å². The summed E-state index contributed by atoms with van der Waals surface area (Å²) in [5.74, 6) is -8.05. The topological polar surface area (TPSA) is 164 Å². The maximum atomic E-state index is 13.3. The molecule has 15 heteroatoms. The highest BCUT2D eigenvalue weighted by Gasteiger charge is 2.30. The van der Waals surface area contributed by atoms with E-state index in [4.69, 9.17) is 43.7 Å². The molecule has 2 unspecified atom stereocenters. The largest absolute Gasteiger partial charge is 0.444 e. The average Bonchev–Trinajstić information content (AvgIpc) is 0.896. The van der Waals surface area contributed by atoms with Crippen molar-refractivity contribution in [3.63, 3.8) is 0 Å². The van der Waals surface area contributed by atoms with Crippen LogP contribution in [0.3, 0.4) is 0 Å². The summed E-state index contributed by atoms with van der Waals surface area (Å²) in [7, 11) is 0. The first-order chi connectivity index (χ1) is 43.4. The molecular weight excluding hydrogens is 961 g/mol. The van der Waals surface area contributed by atoms with E-state index in [2.05, 4.69) is 41.9 Å². The van der Waals surface area contributed by atoms with E-state index in [1.807, 2.05) is 32.9 Å². The zero-order valence-electron chi connectivity index (χ0n) is 67.2. The lowest BCUT2D eigenvalue weighted by molar-refractivity contribution is 0.0188. The normalized spacial score (nSPS) is 29.6. The van der Waals surface area contributed by atoms with Crippen molar-refractivity contribution in [2.45, 2.75) is 143 Å². The molecule has 2 atom stereocenters. The average molecular weight is 1060 g/mol. The first-order valence-corrected chi connectivity index (χ1v) is 22.7. The van der Waals surface area contributed by atoms with Gasteiger partial charge in [-0.05, 0) is 156 Å². The SMILES string of the molecule is CC(C)(C)NC(=O)c1cccc2cn[nH]c12.[2H]c1c([2H])c(C2([2H])C([2H])([2H])N(C(=O)OC(C)(C)C)C([2H])([2H])C([2H])([2H])C2([2H])[2H])c([2H])c([2H])c1-n1cc2cccc(C(=O)NC(C)(C)C)c2n1.[2H]c1c([2H])c(C2([2H])C([2H])([2H])N(C(=O)OC(C)(C)C)C([2H])([2H])C([2H])([2H])C2([2H])[2H])c([2H])c([2H])c1Br. The number of piperidine rings is 2. The number of aromatic nitrogens is 4. The molecule has 2 aliphatic heterocycles. The second kappa shape index (κ2) is 22.5. The van der Waals surface area contributed by atoms with Gasteiger partial charge in [0.05, 0.1) is 45.0 Å². The highest BCUT2D eigenvalue weighted by Crippen LogP contribution is 2.31. The van der Waals surface area contributed by atoms with E-state index in [-0.39, 0.29) is 36.8 Å². The maximum Gasteiger partial charge on any atom is 0.410 e. The number of H-pyrrole nitrogens is 1. The fourth-order valence-corrected chi connectivity index (χ4v) is 6.15. The number of para-hydroxylation sites is 1. The van der Waals surface area contributed by atoms with Crippen molar-refractivity contribution in [1.29, 1.82) is 0 Å². The minimum absolute atomic E-state index is 0.0812. The monoisotopic (exact) mass is 1060 g/mol. The molecule has 0 aliphatic carbocycles. The molecule has 0 saturated carbocycles. The molecule has 6 aromatic rings. The number of rotatable bonds is 5. The van der Waals surface area contributed by atoms with Gasteiger partial charge in [0.2, 0.25) is 0 Å². The fourth-order valence-electron chi connectivity index (χ4n) is 5.95. The van der Waals surface area contributed by atoms with Crippen LogP contribution in [0.2, 0.25) is 0 Å². The molecule has 2 aromatic heterocycles. The summed E-state index contributed by atoms with van der Waals surface area (Å²) >= 11 is 2.84. The second-order valence-corrected chi connectivity index (χ2v) is 20.4. The van der Waals surface area contributed by atoms with E-state index in [1.54, 1.807) is 45.2 Å². The number of nitrogens with one attached hydrogen (secondary N) is 3. The van der Waals surface area contributed by atoms with Crippen molar-refractivity contribution < 1.29 is 64.3 Å². The van der Waals surface area contributed by atoms with Crippen molar-refractivity contribution in [2.24, 2.45) is 0 Å². The molecule has 3 N–H and O–H groups in total. The van der Waals surface area contributed by atoms with Crippen LogP contribution in [-0.4, -0.2) is 102 Å². The number of hydrogen-bond acceptors (Lipinski definition) is 8. The van der Waals surface area contributed by atoms with Crippen LogP contribution in [-0.2, 0) is 9.47 Å². The Hall–Kier alpha value is -6.22. The van der Waals surface area contributed by atoms with Crippen molar-refractivity contribution in [1.82, 2.24) is 40.4 Å². The van der Waals surface area contributed by atoms with Crippen molar-refractivity contribution in [3.05, 3.63) is 124 Å². The van der Waals surface area contributed by atoms with Crippen molar-refractivity contribution in [3.8, 4) is 5.69 Å². The van der Waals surface area contributed by atoms with Gasteiger partial charge in [0.25, 0.3) is 11.8 Å². The zero-order valence-corrected chi connectivity index (χ0v) is 42.8. The number of likely N-dealkylation sites (tertiary alicyclic amines) is 2. The van der Waals surface area contributed by atoms with Crippen molar-refractivity contribution in [2.75, 3.05) is 26.0 Å². The lowest BCUT2D eigenvalue weighted by Crippen LogP contribution is -2.42. The Morgan fingerprint density at radius 3 is 1.65 bits per heavy atom. The molecule has 71 heavy (non-hydrogen) atoms. The Labute approximate surface area is 464 Å². The molecule has 4 amide bonds. The van der Waals surface area contributed by atoms with Crippen LogP contribution in [0.4, 0.5) is 9.59 Å². The van der Waals surface area contributed by atoms with E-state index >= 15 is 0 Å². The predicted molar refractivity (Wildman–Crippen MR) is 285 cm³/mol. The summed E-state index contributed by atoms with van der Waals surface area (Å²) in [6, 6.07) is 2.36. The molecule has 14 nitrogen and oxygen atoms in total. The Balaban J connectivity index is 0.000000260. The van der Waals surface area contributed by atoms with E-state index in [0.717, 1.165) is 15.6 Å². The summed E-state index contributed by atoms with van der Waals surface area (Å²) in [4.78, 5) is 50.5. The number of ether oxygens (including phenoxy) is 2. The quantitative estimate of drug-likeness (QED) is 0.154. The minimum atomic E-state index is -3.94. The van der Waals surface area contributed by atoms with E-state index < -0.39 is 163 Å². The molecule has 2 aliphatic rings. The highest BCUT2D eigenvalue weighted by atomic mass is 79.9. The van der Waals surface area contributed by atoms with Crippen LogP contribution in [0.5, 0.6) is 0 Å². The number of benzene rings is 4. The number of fused-ring (bicyclic) bond motifs is 2. The maximum absolute atomic E-state index is 13.3. The molecular formula is C56H73BrN8O6. The molecule has 4 aromatic carbocycles. The fraction of sp³-hybridized carbons (Fsp3) is 0.464. The van der Waals surface area contributed by atoms with Gasteiger partial charge in [-0.2, -0.15) is 10.2 Å². The second-order valence-electron chi connectivity index (χ2n) is 19.6. The predicted octanol–water partition coefficient (Wildman–Crippen LogP) is 12.3. The Bertz CT molecular complexity index is 4080. The summed E-state index contributed by atoms with van der Waals surface area (Å²) in [5, 5.41) is 18.2. The van der Waals surface area contributed by atoms with Gasteiger partial charge in [-0.15, -0.1) is 0 Å². The third-order valence-electron chi connectivity index (χ3n) is 8.72. The Kier molecular flexibility index (Phi) is 9.09. The number of nitrogens with zero attached hydrogens (tertiary/aromatic N) is 5. The molecule has 2 saturated heterocycles. The van der Waals surface area contributed by atoms with E-state index in [0.29, 0.717) is 10.9 Å². The minimum Gasteiger partial charge on any atom is -0.444 e. The Morgan fingerprint density at radius 2 is 1.15 bits per heavy atom. The molecule has 8 rings (SSSR count). The summed E-state index contributed by atoms with van der Waals surface area (Å²) < 4.78 is 232. The van der Waals surface area contributed by atoms with Crippen LogP contribution in [0.1, 0.15) is 188 Å². The molecule has 4 heterocycles. The third kappa shape index (κ3) is 15.9. The number of amides is 4. The molecule has 2 fully saturated rings. The van der Waals surface area contributed by atoms with Gasteiger partial charge in [-0.1, -0.05) is 64.4 Å². The lowest BCUT2D eigenvalue weighted by Gasteiger charge is -2.34. The number of carbonyl (C=O) groups is 4. The number of hydrogen-bond donors (Lipinski definition) is 3. The van der Waals surface area contributed by atoms with Crippen LogP contribution in [0.25, 0.3) is 27.5 Å². The van der Waals surface area contributed by atoms with Gasteiger partial charge in [-0.3, -0.25) is 14.7 Å². The summed E-state index contributed by atoms with van der Waals surface area (Å²) in [5.41, 5.74) is -4.79. The van der Waals surface area contributed by atoms with Crippen LogP contribution in [0, 0.1) is 0 Å². The van der Waals surface area contributed by atoms with Gasteiger partial charge >= 0.3 is 12.2 Å². The first kappa shape index (κ1) is 28.7. The van der Waals surface area contributed by atoms with Crippen LogP contribution in [0.15, 0.2) is 102 Å². The number of aromatic amines is 1. The molecule has 0 radical (unpaired) electrons. The van der Waals surface area contributed by atoms with Crippen LogP contribution < -0.4 is 10.6 Å². The van der Waals surface area contributed by atoms with Gasteiger partial charge in [0.15, 0.2) is 0 Å². The van der Waals surface area contributed by atoms with Gasteiger partial charge in [0, 0.05) is 89.5 Å².